The summed E-state index contributed by atoms with van der Waals surface area (Å²) < 4.78 is 26.2. The normalized spacial score (nSPS) is 15.9. The number of benzene rings is 2. The Balaban J connectivity index is 1.62. The lowest BCUT2D eigenvalue weighted by Crippen LogP contribution is -2.44. The quantitative estimate of drug-likeness (QED) is 0.560. The predicted octanol–water partition coefficient (Wildman–Crippen LogP) is 4.06. The highest BCUT2D eigenvalue weighted by atomic mass is 32.2. The highest BCUT2D eigenvalue weighted by Crippen LogP contribution is 2.33. The maximum Gasteiger partial charge on any atom is 0.232 e. The number of piperidine rings is 1. The summed E-state index contributed by atoms with van der Waals surface area (Å²) in [6.07, 6.45) is 3.24. The van der Waals surface area contributed by atoms with Crippen LogP contribution in [-0.4, -0.2) is 43.0 Å². The van der Waals surface area contributed by atoms with E-state index in [2.05, 4.69) is 19.1 Å². The van der Waals surface area contributed by atoms with E-state index >= 15 is 0 Å². The first-order chi connectivity index (χ1) is 14.8. The molecule has 0 unspecified atom stereocenters. The first kappa shape index (κ1) is 21.9. The van der Waals surface area contributed by atoms with E-state index in [4.69, 9.17) is 4.98 Å². The Bertz CT molecular complexity index is 1170. The molecule has 1 fully saturated rings. The van der Waals surface area contributed by atoms with Crippen molar-refractivity contribution in [3.8, 4) is 0 Å². The first-order valence-electron chi connectivity index (χ1n) is 10.5. The molecule has 1 amide bonds. The van der Waals surface area contributed by atoms with Crippen LogP contribution in [0.5, 0.6) is 0 Å². The number of amides is 1. The molecule has 0 radical (unpaired) electrons. The van der Waals surface area contributed by atoms with Gasteiger partial charge in [-0.2, -0.15) is 0 Å². The summed E-state index contributed by atoms with van der Waals surface area (Å²) in [5.41, 5.74) is 3.18. The summed E-state index contributed by atoms with van der Waals surface area (Å²) in [6.45, 7) is 3.34. The molecule has 3 aromatic rings. The highest BCUT2D eigenvalue weighted by molar-refractivity contribution is 7.88. The van der Waals surface area contributed by atoms with E-state index in [1.165, 1.54) is 27.5 Å². The SMILES string of the molecule is CCc1ccc2nc(N(Cc3ccccc3)C(=O)C3CCN(S(C)(=O)=O)CC3)sc2c1. The van der Waals surface area contributed by atoms with Crippen molar-refractivity contribution in [2.75, 3.05) is 24.2 Å². The molecule has 31 heavy (non-hydrogen) atoms. The van der Waals surface area contributed by atoms with Gasteiger partial charge in [0.25, 0.3) is 0 Å². The molecule has 8 heteroatoms. The van der Waals surface area contributed by atoms with Crippen LogP contribution in [0.3, 0.4) is 0 Å². The van der Waals surface area contributed by atoms with Crippen LogP contribution in [0.2, 0.25) is 0 Å². The molecule has 0 saturated carbocycles. The summed E-state index contributed by atoms with van der Waals surface area (Å²) in [6, 6.07) is 16.2. The van der Waals surface area contributed by atoms with Gasteiger partial charge in [0.1, 0.15) is 0 Å². The molecule has 2 heterocycles. The van der Waals surface area contributed by atoms with Crippen LogP contribution in [0.1, 0.15) is 30.9 Å². The van der Waals surface area contributed by atoms with Gasteiger partial charge in [0.15, 0.2) is 5.13 Å². The van der Waals surface area contributed by atoms with Crippen LogP contribution >= 0.6 is 11.3 Å². The smallest absolute Gasteiger partial charge is 0.232 e. The van der Waals surface area contributed by atoms with Crippen molar-refractivity contribution in [3.05, 3.63) is 59.7 Å². The number of hydrogen-bond donors (Lipinski definition) is 0. The topological polar surface area (TPSA) is 70.6 Å². The molecular formula is C23H27N3O3S2. The van der Waals surface area contributed by atoms with Crippen molar-refractivity contribution in [2.24, 2.45) is 5.92 Å². The van der Waals surface area contributed by atoms with Crippen molar-refractivity contribution in [1.29, 1.82) is 0 Å². The van der Waals surface area contributed by atoms with E-state index in [1.54, 1.807) is 4.90 Å². The number of carbonyl (C=O) groups is 1. The van der Waals surface area contributed by atoms with Gasteiger partial charge in [-0.1, -0.05) is 54.7 Å². The first-order valence-corrected chi connectivity index (χ1v) is 13.2. The third-order valence-corrected chi connectivity index (χ3v) is 8.15. The van der Waals surface area contributed by atoms with Crippen LogP contribution in [0.15, 0.2) is 48.5 Å². The number of thiazole rings is 1. The zero-order valence-corrected chi connectivity index (χ0v) is 19.5. The molecule has 0 bridgehead atoms. The molecule has 0 aliphatic carbocycles. The Labute approximate surface area is 187 Å². The van der Waals surface area contributed by atoms with Gasteiger partial charge >= 0.3 is 0 Å². The Morgan fingerprint density at radius 3 is 2.48 bits per heavy atom. The lowest BCUT2D eigenvalue weighted by atomic mass is 9.96. The number of aromatic nitrogens is 1. The number of rotatable bonds is 6. The van der Waals surface area contributed by atoms with Crippen LogP contribution in [0.25, 0.3) is 10.2 Å². The van der Waals surface area contributed by atoms with Crippen LogP contribution < -0.4 is 4.90 Å². The van der Waals surface area contributed by atoms with E-state index in [9.17, 15) is 13.2 Å². The van der Waals surface area contributed by atoms with Crippen LogP contribution in [0, 0.1) is 5.92 Å². The van der Waals surface area contributed by atoms with Crippen molar-refractivity contribution in [2.45, 2.75) is 32.7 Å². The standard InChI is InChI=1S/C23H27N3O3S2/c1-3-17-9-10-20-21(15-17)30-23(24-20)26(16-18-7-5-4-6-8-18)22(27)19-11-13-25(14-12-19)31(2,28)29/h4-10,15,19H,3,11-14,16H2,1-2H3. The zero-order valence-electron chi connectivity index (χ0n) is 17.8. The fraction of sp³-hybridized carbons (Fsp3) is 0.391. The number of fused-ring (bicyclic) bond motifs is 1. The molecule has 1 aromatic heterocycles. The molecule has 1 aliphatic rings. The number of nitrogens with zero attached hydrogens (tertiary/aromatic N) is 3. The minimum atomic E-state index is -3.22. The van der Waals surface area contributed by atoms with Crippen LogP contribution in [0.4, 0.5) is 5.13 Å². The maximum absolute atomic E-state index is 13.6. The zero-order chi connectivity index (χ0) is 22.0. The Morgan fingerprint density at radius 2 is 1.84 bits per heavy atom. The van der Waals surface area contributed by atoms with E-state index < -0.39 is 10.0 Å². The van der Waals surface area contributed by atoms with E-state index in [0.29, 0.717) is 37.6 Å². The average Bonchev–Trinajstić information content (AvgIpc) is 3.20. The van der Waals surface area contributed by atoms with Gasteiger partial charge in [-0.15, -0.1) is 0 Å². The van der Waals surface area contributed by atoms with Gasteiger partial charge in [-0.25, -0.2) is 17.7 Å². The molecule has 6 nitrogen and oxygen atoms in total. The summed E-state index contributed by atoms with van der Waals surface area (Å²) in [4.78, 5) is 20.1. The summed E-state index contributed by atoms with van der Waals surface area (Å²) in [5.74, 6) is -0.188. The molecule has 0 N–H and O–H groups in total. The van der Waals surface area contributed by atoms with Crippen molar-refractivity contribution >= 4 is 42.6 Å². The van der Waals surface area contributed by atoms with Crippen molar-refractivity contribution in [1.82, 2.24) is 9.29 Å². The molecular weight excluding hydrogens is 430 g/mol. The average molecular weight is 458 g/mol. The fourth-order valence-electron chi connectivity index (χ4n) is 3.95. The third kappa shape index (κ3) is 4.97. The molecule has 4 rings (SSSR count). The van der Waals surface area contributed by atoms with Crippen molar-refractivity contribution in [3.63, 3.8) is 0 Å². The summed E-state index contributed by atoms with van der Waals surface area (Å²) >= 11 is 1.54. The monoisotopic (exact) mass is 457 g/mol. The van der Waals surface area contributed by atoms with Gasteiger partial charge in [0, 0.05) is 19.0 Å². The van der Waals surface area contributed by atoms with Gasteiger partial charge in [0.2, 0.25) is 15.9 Å². The molecule has 0 atom stereocenters. The number of carbonyl (C=O) groups excluding carboxylic acids is 1. The third-order valence-electron chi connectivity index (χ3n) is 5.80. The second kappa shape index (κ2) is 9.06. The molecule has 164 valence electrons. The molecule has 1 aliphatic heterocycles. The lowest BCUT2D eigenvalue weighted by molar-refractivity contribution is -0.123. The van der Waals surface area contributed by atoms with Crippen molar-refractivity contribution < 1.29 is 13.2 Å². The second-order valence-electron chi connectivity index (χ2n) is 8.00. The number of sulfonamides is 1. The van der Waals surface area contributed by atoms with Crippen LogP contribution in [-0.2, 0) is 27.8 Å². The summed E-state index contributed by atoms with van der Waals surface area (Å²) in [7, 11) is -3.22. The van der Waals surface area contributed by atoms with E-state index in [0.717, 1.165) is 22.2 Å². The Hall–Kier alpha value is -2.29. The minimum Gasteiger partial charge on any atom is -0.283 e. The van der Waals surface area contributed by atoms with E-state index in [-0.39, 0.29) is 11.8 Å². The molecule has 1 saturated heterocycles. The Morgan fingerprint density at radius 1 is 1.13 bits per heavy atom. The van der Waals surface area contributed by atoms with Gasteiger partial charge in [-0.3, -0.25) is 9.69 Å². The van der Waals surface area contributed by atoms with Gasteiger partial charge in [-0.05, 0) is 42.5 Å². The predicted molar refractivity (Wildman–Crippen MR) is 126 cm³/mol. The minimum absolute atomic E-state index is 0.0202. The molecule has 2 aromatic carbocycles. The number of hydrogen-bond acceptors (Lipinski definition) is 5. The maximum atomic E-state index is 13.6. The second-order valence-corrected chi connectivity index (χ2v) is 11.0. The highest BCUT2D eigenvalue weighted by Gasteiger charge is 2.33. The Kier molecular flexibility index (Phi) is 6.41. The molecule has 0 spiro atoms. The van der Waals surface area contributed by atoms with Gasteiger partial charge in [0.05, 0.1) is 23.0 Å². The number of aryl methyl sites for hydroxylation is 1. The number of anilines is 1. The summed E-state index contributed by atoms with van der Waals surface area (Å²) in [5, 5.41) is 0.697. The fourth-order valence-corrected chi connectivity index (χ4v) is 5.86. The van der Waals surface area contributed by atoms with Gasteiger partial charge < -0.3 is 0 Å². The van der Waals surface area contributed by atoms with E-state index in [1.807, 2.05) is 36.4 Å². The largest absolute Gasteiger partial charge is 0.283 e. The lowest BCUT2D eigenvalue weighted by Gasteiger charge is -2.32.